The Balaban J connectivity index is 1.27. The molecule has 0 spiro atoms. The van der Waals surface area contributed by atoms with Crippen molar-refractivity contribution in [3.8, 4) is 0 Å². The molecule has 0 fully saturated rings. The van der Waals surface area contributed by atoms with Gasteiger partial charge in [0.1, 0.15) is 5.82 Å². The molecule has 6 heteroatoms. The standard InChI is InChI=1S/C23H22N6/c1-29(15-17-3-5-21-19(13-17)7-10-25-21)23-26-11-8-22(28-23)27-14-16-2-4-20-18(12-16)6-9-24-20/h2-13,24-25H,14-15H2,1H3,(H,26,27,28). The van der Waals surface area contributed by atoms with E-state index in [1.165, 1.54) is 21.9 Å². The molecule has 144 valence electrons. The first kappa shape index (κ1) is 17.3. The van der Waals surface area contributed by atoms with Gasteiger partial charge in [0.25, 0.3) is 0 Å². The summed E-state index contributed by atoms with van der Waals surface area (Å²) >= 11 is 0. The van der Waals surface area contributed by atoms with Crippen LogP contribution in [0.1, 0.15) is 11.1 Å². The maximum Gasteiger partial charge on any atom is 0.227 e. The number of hydrogen-bond acceptors (Lipinski definition) is 4. The molecule has 0 aliphatic rings. The number of anilines is 2. The summed E-state index contributed by atoms with van der Waals surface area (Å²) in [5.74, 6) is 1.52. The molecule has 3 aromatic heterocycles. The van der Waals surface area contributed by atoms with E-state index < -0.39 is 0 Å². The van der Waals surface area contributed by atoms with Gasteiger partial charge in [-0.15, -0.1) is 0 Å². The van der Waals surface area contributed by atoms with E-state index >= 15 is 0 Å². The normalized spacial score (nSPS) is 11.2. The van der Waals surface area contributed by atoms with E-state index in [0.717, 1.165) is 23.4 Å². The van der Waals surface area contributed by atoms with E-state index in [2.05, 4.69) is 78.7 Å². The summed E-state index contributed by atoms with van der Waals surface area (Å²) in [6, 6.07) is 18.9. The number of nitrogens with zero attached hydrogens (tertiary/aromatic N) is 3. The molecule has 0 radical (unpaired) electrons. The fraction of sp³-hybridized carbons (Fsp3) is 0.130. The van der Waals surface area contributed by atoms with Crippen molar-refractivity contribution in [3.05, 3.63) is 84.3 Å². The van der Waals surface area contributed by atoms with Gasteiger partial charge in [0.15, 0.2) is 0 Å². The topological polar surface area (TPSA) is 72.6 Å². The Bertz CT molecular complexity index is 1270. The van der Waals surface area contributed by atoms with Crippen LogP contribution in [-0.2, 0) is 13.1 Å². The van der Waals surface area contributed by atoms with E-state index in [4.69, 9.17) is 0 Å². The fourth-order valence-electron chi connectivity index (χ4n) is 3.58. The molecule has 2 aromatic carbocycles. The maximum absolute atomic E-state index is 4.68. The number of fused-ring (bicyclic) bond motifs is 2. The summed E-state index contributed by atoms with van der Waals surface area (Å²) in [5, 5.41) is 5.83. The summed E-state index contributed by atoms with van der Waals surface area (Å²) in [6.07, 6.45) is 5.72. The molecule has 0 atom stereocenters. The first-order chi connectivity index (χ1) is 14.2. The van der Waals surface area contributed by atoms with Gasteiger partial charge in [-0.3, -0.25) is 0 Å². The molecular formula is C23H22N6. The van der Waals surface area contributed by atoms with Crippen LogP contribution in [0.4, 0.5) is 11.8 Å². The van der Waals surface area contributed by atoms with Gasteiger partial charge >= 0.3 is 0 Å². The van der Waals surface area contributed by atoms with Crippen LogP contribution in [0.5, 0.6) is 0 Å². The van der Waals surface area contributed by atoms with Crippen LogP contribution in [-0.4, -0.2) is 27.0 Å². The number of aromatic nitrogens is 4. The van der Waals surface area contributed by atoms with E-state index in [-0.39, 0.29) is 0 Å². The van der Waals surface area contributed by atoms with Crippen LogP contribution in [0.2, 0.25) is 0 Å². The number of hydrogen-bond donors (Lipinski definition) is 3. The molecule has 0 aliphatic heterocycles. The van der Waals surface area contributed by atoms with Gasteiger partial charge in [0, 0.05) is 49.8 Å². The van der Waals surface area contributed by atoms with Crippen molar-refractivity contribution in [1.29, 1.82) is 0 Å². The van der Waals surface area contributed by atoms with Gasteiger partial charge in [0.2, 0.25) is 5.95 Å². The highest BCUT2D eigenvalue weighted by Crippen LogP contribution is 2.19. The van der Waals surface area contributed by atoms with Crippen LogP contribution in [0.3, 0.4) is 0 Å². The lowest BCUT2D eigenvalue weighted by atomic mass is 10.1. The Labute approximate surface area is 168 Å². The molecular weight excluding hydrogens is 360 g/mol. The van der Waals surface area contributed by atoms with Crippen molar-refractivity contribution >= 4 is 33.6 Å². The second kappa shape index (κ2) is 7.31. The molecule has 0 aliphatic carbocycles. The average Bonchev–Trinajstić information content (AvgIpc) is 3.41. The predicted octanol–water partition coefficient (Wildman–Crippen LogP) is 4.69. The van der Waals surface area contributed by atoms with Crippen molar-refractivity contribution in [2.75, 3.05) is 17.3 Å². The van der Waals surface area contributed by atoms with Gasteiger partial charge in [0.05, 0.1) is 0 Å². The smallest absolute Gasteiger partial charge is 0.227 e. The van der Waals surface area contributed by atoms with Gasteiger partial charge in [-0.25, -0.2) is 4.98 Å². The Morgan fingerprint density at radius 3 is 2.31 bits per heavy atom. The third-order valence-electron chi connectivity index (χ3n) is 5.11. The molecule has 0 saturated heterocycles. The first-order valence-corrected chi connectivity index (χ1v) is 9.65. The molecule has 0 amide bonds. The number of rotatable bonds is 6. The van der Waals surface area contributed by atoms with Crippen LogP contribution in [0.15, 0.2) is 73.2 Å². The van der Waals surface area contributed by atoms with Crippen LogP contribution in [0.25, 0.3) is 21.8 Å². The molecule has 0 unspecified atom stereocenters. The van der Waals surface area contributed by atoms with E-state index in [1.807, 2.05) is 25.5 Å². The van der Waals surface area contributed by atoms with Gasteiger partial charge < -0.3 is 20.2 Å². The average molecular weight is 382 g/mol. The van der Waals surface area contributed by atoms with Gasteiger partial charge in [-0.2, -0.15) is 4.98 Å². The van der Waals surface area contributed by atoms with Crippen molar-refractivity contribution in [1.82, 2.24) is 19.9 Å². The zero-order valence-corrected chi connectivity index (χ0v) is 16.2. The number of aromatic amines is 2. The Morgan fingerprint density at radius 1 is 0.862 bits per heavy atom. The fourth-order valence-corrected chi connectivity index (χ4v) is 3.58. The summed E-state index contributed by atoms with van der Waals surface area (Å²) in [6.45, 7) is 1.46. The van der Waals surface area contributed by atoms with Crippen LogP contribution < -0.4 is 10.2 Å². The molecule has 6 nitrogen and oxygen atoms in total. The third kappa shape index (κ3) is 3.65. The van der Waals surface area contributed by atoms with E-state index in [9.17, 15) is 0 Å². The van der Waals surface area contributed by atoms with Crippen LogP contribution in [0, 0.1) is 0 Å². The Morgan fingerprint density at radius 2 is 1.55 bits per heavy atom. The minimum absolute atomic E-state index is 0.699. The number of H-pyrrole nitrogens is 2. The number of nitrogens with one attached hydrogen (secondary N) is 3. The van der Waals surface area contributed by atoms with Gasteiger partial charge in [-0.05, 0) is 64.4 Å². The van der Waals surface area contributed by atoms with Crippen molar-refractivity contribution in [2.24, 2.45) is 0 Å². The van der Waals surface area contributed by atoms with Crippen molar-refractivity contribution < 1.29 is 0 Å². The highest BCUT2D eigenvalue weighted by Gasteiger charge is 2.08. The van der Waals surface area contributed by atoms with E-state index in [1.54, 1.807) is 6.20 Å². The molecule has 0 bridgehead atoms. The lowest BCUT2D eigenvalue weighted by molar-refractivity contribution is 0.866. The molecule has 29 heavy (non-hydrogen) atoms. The molecule has 0 saturated carbocycles. The second-order valence-electron chi connectivity index (χ2n) is 7.25. The molecule has 3 heterocycles. The summed E-state index contributed by atoms with van der Waals surface area (Å²) in [4.78, 5) is 17.6. The monoisotopic (exact) mass is 382 g/mol. The lowest BCUT2D eigenvalue weighted by Crippen LogP contribution is -2.19. The zero-order chi connectivity index (χ0) is 19.6. The lowest BCUT2D eigenvalue weighted by Gasteiger charge is -2.18. The Hall–Kier alpha value is -3.80. The molecule has 5 rings (SSSR count). The summed E-state index contributed by atoms with van der Waals surface area (Å²) < 4.78 is 0. The second-order valence-corrected chi connectivity index (χ2v) is 7.25. The van der Waals surface area contributed by atoms with Crippen LogP contribution >= 0.6 is 0 Å². The number of benzene rings is 2. The summed E-state index contributed by atoms with van der Waals surface area (Å²) in [7, 11) is 2.01. The third-order valence-corrected chi connectivity index (χ3v) is 5.11. The zero-order valence-electron chi connectivity index (χ0n) is 16.2. The Kier molecular flexibility index (Phi) is 4.37. The predicted molar refractivity (Wildman–Crippen MR) is 118 cm³/mol. The molecule has 3 N–H and O–H groups in total. The van der Waals surface area contributed by atoms with Crippen molar-refractivity contribution in [3.63, 3.8) is 0 Å². The highest BCUT2D eigenvalue weighted by molar-refractivity contribution is 5.80. The maximum atomic E-state index is 4.68. The minimum atomic E-state index is 0.699. The minimum Gasteiger partial charge on any atom is -0.366 e. The summed E-state index contributed by atoms with van der Waals surface area (Å²) in [5.41, 5.74) is 4.74. The SMILES string of the molecule is CN(Cc1ccc2[nH]ccc2c1)c1nccc(NCc2ccc3[nH]ccc3c2)n1. The quantitative estimate of drug-likeness (QED) is 0.398. The highest BCUT2D eigenvalue weighted by atomic mass is 15.2. The van der Waals surface area contributed by atoms with Gasteiger partial charge in [-0.1, -0.05) is 12.1 Å². The molecule has 5 aromatic rings. The van der Waals surface area contributed by atoms with E-state index in [0.29, 0.717) is 12.5 Å². The largest absolute Gasteiger partial charge is 0.366 e. The van der Waals surface area contributed by atoms with Crippen molar-refractivity contribution in [2.45, 2.75) is 13.1 Å². The first-order valence-electron chi connectivity index (χ1n) is 9.65.